The first-order valence-electron chi connectivity index (χ1n) is 8.74. The van der Waals surface area contributed by atoms with E-state index in [2.05, 4.69) is 43.7 Å². The van der Waals surface area contributed by atoms with Crippen LogP contribution in [0.25, 0.3) is 0 Å². The number of amides is 1. The zero-order chi connectivity index (χ0) is 17.8. The van der Waals surface area contributed by atoms with Crippen LogP contribution < -0.4 is 5.32 Å². The lowest BCUT2D eigenvalue weighted by molar-refractivity contribution is -0.118. The SMILES string of the molecule is CCn1ccnc1CN1CCN(CC(=O)Nc2cc(C)no2)CC1C. The van der Waals surface area contributed by atoms with Crippen LogP contribution in [0.4, 0.5) is 5.88 Å². The molecule has 1 aliphatic rings. The fourth-order valence-electron chi connectivity index (χ4n) is 3.21. The van der Waals surface area contributed by atoms with Gasteiger partial charge in [-0.25, -0.2) is 4.98 Å². The van der Waals surface area contributed by atoms with E-state index in [0.29, 0.717) is 18.5 Å². The maximum atomic E-state index is 12.2. The van der Waals surface area contributed by atoms with Crippen molar-refractivity contribution >= 4 is 11.8 Å². The van der Waals surface area contributed by atoms with Gasteiger partial charge in [0.15, 0.2) is 0 Å². The van der Waals surface area contributed by atoms with Crippen LogP contribution in [0, 0.1) is 6.92 Å². The Balaban J connectivity index is 1.48. The van der Waals surface area contributed by atoms with Crippen molar-refractivity contribution in [1.82, 2.24) is 24.5 Å². The van der Waals surface area contributed by atoms with E-state index in [1.54, 1.807) is 6.07 Å². The van der Waals surface area contributed by atoms with Gasteiger partial charge in [-0.1, -0.05) is 5.16 Å². The van der Waals surface area contributed by atoms with E-state index in [1.807, 2.05) is 19.3 Å². The Kier molecular flexibility index (Phi) is 5.50. The van der Waals surface area contributed by atoms with Crippen molar-refractivity contribution in [1.29, 1.82) is 0 Å². The minimum Gasteiger partial charge on any atom is -0.338 e. The summed E-state index contributed by atoms with van der Waals surface area (Å²) in [4.78, 5) is 21.2. The van der Waals surface area contributed by atoms with Crippen LogP contribution in [0.3, 0.4) is 0 Å². The molecular weight excluding hydrogens is 320 g/mol. The highest BCUT2D eigenvalue weighted by molar-refractivity contribution is 5.90. The molecule has 0 saturated carbocycles. The van der Waals surface area contributed by atoms with Gasteiger partial charge in [-0.05, 0) is 20.8 Å². The van der Waals surface area contributed by atoms with Gasteiger partial charge in [-0.3, -0.25) is 19.9 Å². The number of aromatic nitrogens is 3. The van der Waals surface area contributed by atoms with E-state index in [1.165, 1.54) is 0 Å². The number of hydrogen-bond acceptors (Lipinski definition) is 6. The van der Waals surface area contributed by atoms with E-state index in [9.17, 15) is 4.79 Å². The second-order valence-electron chi connectivity index (χ2n) is 6.56. The molecule has 2 aromatic heterocycles. The molecule has 1 saturated heterocycles. The predicted molar refractivity (Wildman–Crippen MR) is 94.1 cm³/mol. The number of anilines is 1. The van der Waals surface area contributed by atoms with Gasteiger partial charge in [0.2, 0.25) is 11.8 Å². The average Bonchev–Trinajstić information content (AvgIpc) is 3.18. The first-order valence-corrected chi connectivity index (χ1v) is 8.74. The summed E-state index contributed by atoms with van der Waals surface area (Å²) in [5, 5.41) is 6.52. The molecule has 0 spiro atoms. The summed E-state index contributed by atoms with van der Waals surface area (Å²) in [5.41, 5.74) is 0.753. The summed E-state index contributed by atoms with van der Waals surface area (Å²) in [6.45, 7) is 10.9. The van der Waals surface area contributed by atoms with Gasteiger partial charge >= 0.3 is 0 Å². The lowest BCUT2D eigenvalue weighted by atomic mass is 10.2. The topological polar surface area (TPSA) is 79.4 Å². The van der Waals surface area contributed by atoms with Crippen molar-refractivity contribution in [2.45, 2.75) is 39.9 Å². The number of imidazole rings is 1. The Morgan fingerprint density at radius 2 is 2.28 bits per heavy atom. The van der Waals surface area contributed by atoms with Crippen LogP contribution in [0.5, 0.6) is 0 Å². The second-order valence-corrected chi connectivity index (χ2v) is 6.56. The van der Waals surface area contributed by atoms with Crippen LogP contribution >= 0.6 is 0 Å². The van der Waals surface area contributed by atoms with Crippen molar-refractivity contribution in [2.75, 3.05) is 31.5 Å². The van der Waals surface area contributed by atoms with Gasteiger partial charge in [0, 0.05) is 50.7 Å². The first-order chi connectivity index (χ1) is 12.0. The summed E-state index contributed by atoms with van der Waals surface area (Å²) in [7, 11) is 0. The zero-order valence-electron chi connectivity index (χ0n) is 15.1. The molecule has 0 aromatic carbocycles. The number of piperazine rings is 1. The largest absolute Gasteiger partial charge is 0.338 e. The Labute approximate surface area is 147 Å². The van der Waals surface area contributed by atoms with E-state index < -0.39 is 0 Å². The molecule has 0 bridgehead atoms. The smallest absolute Gasteiger partial charge is 0.240 e. The van der Waals surface area contributed by atoms with Crippen molar-refractivity contribution < 1.29 is 9.32 Å². The highest BCUT2D eigenvalue weighted by Crippen LogP contribution is 2.14. The van der Waals surface area contributed by atoms with Crippen molar-refractivity contribution in [3.63, 3.8) is 0 Å². The number of rotatable bonds is 6. The van der Waals surface area contributed by atoms with Gasteiger partial charge < -0.3 is 9.09 Å². The summed E-state index contributed by atoms with van der Waals surface area (Å²) >= 11 is 0. The highest BCUT2D eigenvalue weighted by atomic mass is 16.5. The summed E-state index contributed by atoms with van der Waals surface area (Å²) < 4.78 is 7.20. The summed E-state index contributed by atoms with van der Waals surface area (Å²) in [6, 6.07) is 2.09. The molecule has 1 fully saturated rings. The van der Waals surface area contributed by atoms with E-state index in [-0.39, 0.29) is 5.91 Å². The zero-order valence-corrected chi connectivity index (χ0v) is 15.1. The number of hydrogen-bond donors (Lipinski definition) is 1. The molecule has 3 heterocycles. The van der Waals surface area contributed by atoms with Crippen molar-refractivity contribution in [2.24, 2.45) is 0 Å². The monoisotopic (exact) mass is 346 g/mol. The maximum Gasteiger partial charge on any atom is 0.240 e. The molecule has 0 aliphatic carbocycles. The third-order valence-electron chi connectivity index (χ3n) is 4.59. The molecule has 136 valence electrons. The minimum atomic E-state index is -0.0710. The van der Waals surface area contributed by atoms with Crippen LogP contribution in [-0.2, 0) is 17.9 Å². The Morgan fingerprint density at radius 1 is 1.44 bits per heavy atom. The van der Waals surface area contributed by atoms with Gasteiger partial charge in [0.05, 0.1) is 18.8 Å². The minimum absolute atomic E-state index is 0.0710. The second kappa shape index (κ2) is 7.79. The van der Waals surface area contributed by atoms with Crippen LogP contribution in [0.15, 0.2) is 23.0 Å². The molecule has 1 aliphatic heterocycles. The number of carbonyl (C=O) groups is 1. The first kappa shape index (κ1) is 17.6. The van der Waals surface area contributed by atoms with Crippen LogP contribution in [0.2, 0.25) is 0 Å². The normalized spacial score (nSPS) is 19.2. The Hall–Kier alpha value is -2.19. The van der Waals surface area contributed by atoms with Crippen LogP contribution in [-0.4, -0.2) is 62.6 Å². The summed E-state index contributed by atoms with van der Waals surface area (Å²) in [6.07, 6.45) is 3.88. The lowest BCUT2D eigenvalue weighted by Crippen LogP contribution is -2.53. The molecule has 1 atom stereocenters. The third kappa shape index (κ3) is 4.46. The quantitative estimate of drug-likeness (QED) is 0.850. The molecule has 1 unspecified atom stereocenters. The Morgan fingerprint density at radius 3 is 2.96 bits per heavy atom. The van der Waals surface area contributed by atoms with Crippen molar-refractivity contribution in [3.05, 3.63) is 30.0 Å². The molecule has 8 heteroatoms. The van der Waals surface area contributed by atoms with E-state index >= 15 is 0 Å². The standard InChI is InChI=1S/C17H26N6O2/c1-4-22-6-5-18-15(22)11-23-8-7-21(10-14(23)3)12-16(24)19-17-9-13(2)20-25-17/h5-6,9,14H,4,7-8,10-12H2,1-3H3,(H,19,24). The summed E-state index contributed by atoms with van der Waals surface area (Å²) in [5.74, 6) is 1.43. The maximum absolute atomic E-state index is 12.2. The van der Waals surface area contributed by atoms with Gasteiger partial charge in [0.25, 0.3) is 0 Å². The number of nitrogens with zero attached hydrogens (tertiary/aromatic N) is 5. The molecular formula is C17H26N6O2. The Bertz CT molecular complexity index is 710. The average molecular weight is 346 g/mol. The van der Waals surface area contributed by atoms with Gasteiger partial charge in [0.1, 0.15) is 5.82 Å². The molecule has 2 aromatic rings. The lowest BCUT2D eigenvalue weighted by Gasteiger charge is -2.39. The van der Waals surface area contributed by atoms with E-state index in [4.69, 9.17) is 4.52 Å². The molecule has 1 amide bonds. The molecule has 8 nitrogen and oxygen atoms in total. The molecule has 25 heavy (non-hydrogen) atoms. The van der Waals surface area contributed by atoms with E-state index in [0.717, 1.165) is 44.2 Å². The highest BCUT2D eigenvalue weighted by Gasteiger charge is 2.26. The van der Waals surface area contributed by atoms with Crippen LogP contribution in [0.1, 0.15) is 25.4 Å². The van der Waals surface area contributed by atoms with Gasteiger partial charge in [-0.2, -0.15) is 0 Å². The molecule has 3 rings (SSSR count). The third-order valence-corrected chi connectivity index (χ3v) is 4.59. The van der Waals surface area contributed by atoms with Gasteiger partial charge in [-0.15, -0.1) is 0 Å². The molecule has 1 N–H and O–H groups in total. The predicted octanol–water partition coefficient (Wildman–Crippen LogP) is 1.34. The number of carbonyl (C=O) groups excluding carboxylic acids is 1. The molecule has 0 radical (unpaired) electrons. The van der Waals surface area contributed by atoms with Crippen molar-refractivity contribution in [3.8, 4) is 0 Å². The fraction of sp³-hybridized carbons (Fsp3) is 0.588. The fourth-order valence-corrected chi connectivity index (χ4v) is 3.21. The number of nitrogens with one attached hydrogen (secondary N) is 1. The number of aryl methyl sites for hydroxylation is 2.